The van der Waals surface area contributed by atoms with Gasteiger partial charge in [0.15, 0.2) is 10.2 Å². The van der Waals surface area contributed by atoms with Gasteiger partial charge in [0.25, 0.3) is 0 Å². The van der Waals surface area contributed by atoms with E-state index in [1.807, 2.05) is 0 Å². The molecule has 0 aromatic heterocycles. The number of hydrogen-bond acceptors (Lipinski definition) is 4. The zero-order chi connectivity index (χ0) is 18.1. The van der Waals surface area contributed by atoms with E-state index in [1.165, 1.54) is 6.07 Å². The van der Waals surface area contributed by atoms with Crippen molar-refractivity contribution in [2.75, 3.05) is 13.2 Å². The minimum atomic E-state index is -1.52. The van der Waals surface area contributed by atoms with E-state index >= 15 is 0 Å². The first-order valence-corrected chi connectivity index (χ1v) is 8.26. The Hall–Kier alpha value is -1.08. The second-order valence-electron chi connectivity index (χ2n) is 5.64. The fourth-order valence-corrected chi connectivity index (χ4v) is 2.72. The minimum Gasteiger partial charge on any atom is -0.488 e. The summed E-state index contributed by atoms with van der Waals surface area (Å²) in [5, 5.41) is 12.7. The van der Waals surface area contributed by atoms with Crippen LogP contribution in [0.25, 0.3) is 0 Å². The number of aliphatic hydroxyl groups is 1. The maximum absolute atomic E-state index is 14.7. The topological polar surface area (TPSA) is 70.9 Å². The van der Waals surface area contributed by atoms with Crippen LogP contribution in [0.4, 0.5) is 4.39 Å². The van der Waals surface area contributed by atoms with E-state index in [0.29, 0.717) is 11.3 Å². The number of carbonyl (C=O) groups excluding carboxylic acids is 1. The smallest absolute Gasteiger partial charge is 0.240 e. The largest absolute Gasteiger partial charge is 0.488 e. The molecule has 0 saturated carbocycles. The summed E-state index contributed by atoms with van der Waals surface area (Å²) in [5.41, 5.74) is 3.49. The molecule has 1 aromatic carbocycles. The van der Waals surface area contributed by atoms with Crippen molar-refractivity contribution in [1.82, 2.24) is 5.43 Å². The van der Waals surface area contributed by atoms with Crippen LogP contribution in [0.5, 0.6) is 5.75 Å². The van der Waals surface area contributed by atoms with Crippen molar-refractivity contribution < 1.29 is 19.0 Å². The molecule has 0 aliphatic carbocycles. The van der Waals surface area contributed by atoms with Crippen molar-refractivity contribution in [3.05, 3.63) is 28.0 Å². The molecule has 0 fully saturated rings. The molecule has 1 heterocycles. The summed E-state index contributed by atoms with van der Waals surface area (Å²) in [6.07, 6.45) is 0.213. The molecule has 1 aromatic rings. The molecular weight excluding hydrogens is 382 g/mol. The van der Waals surface area contributed by atoms with Crippen LogP contribution in [-0.4, -0.2) is 34.3 Å². The molecule has 5 nitrogen and oxygen atoms in total. The molecule has 9 heteroatoms. The maximum atomic E-state index is 14.7. The van der Waals surface area contributed by atoms with Gasteiger partial charge >= 0.3 is 0 Å². The van der Waals surface area contributed by atoms with Crippen molar-refractivity contribution in [1.29, 1.82) is 0 Å². The fraction of sp³-hybridized carbons (Fsp3) is 0.467. The van der Waals surface area contributed by atoms with Crippen molar-refractivity contribution in [3.8, 4) is 5.75 Å². The van der Waals surface area contributed by atoms with Crippen molar-refractivity contribution in [2.24, 2.45) is 11.0 Å². The molecule has 2 rings (SSSR count). The number of nitrogens with zero attached hydrogens (tertiary/aromatic N) is 1. The molecule has 0 radical (unpaired) electrons. The lowest BCUT2D eigenvalue weighted by Crippen LogP contribution is -2.32. The van der Waals surface area contributed by atoms with Crippen LogP contribution in [0.15, 0.2) is 11.2 Å². The van der Waals surface area contributed by atoms with E-state index in [9.17, 15) is 9.18 Å². The number of nitrogens with one attached hydrogen (secondary N) is 1. The van der Waals surface area contributed by atoms with E-state index < -0.39 is 16.8 Å². The number of ether oxygens (including phenoxy) is 1. The zero-order valence-electron chi connectivity index (χ0n) is 13.0. The Kier molecular flexibility index (Phi) is 5.96. The summed E-state index contributed by atoms with van der Waals surface area (Å²) >= 11 is 17.7. The van der Waals surface area contributed by atoms with Gasteiger partial charge < -0.3 is 9.84 Å². The second kappa shape index (κ2) is 7.44. The van der Waals surface area contributed by atoms with Gasteiger partial charge in [-0.25, -0.2) is 9.82 Å². The number of benzene rings is 1. The lowest BCUT2D eigenvalue weighted by atomic mass is 9.92. The molecule has 1 unspecified atom stereocenters. The average Bonchev–Trinajstić information content (AvgIpc) is 2.51. The highest BCUT2D eigenvalue weighted by Gasteiger charge is 2.29. The van der Waals surface area contributed by atoms with Crippen LogP contribution in [-0.2, 0) is 4.79 Å². The van der Waals surface area contributed by atoms with Crippen LogP contribution >= 0.6 is 34.8 Å². The Balaban J connectivity index is 2.37. The molecule has 1 amide bonds. The van der Waals surface area contributed by atoms with E-state index in [4.69, 9.17) is 44.6 Å². The van der Waals surface area contributed by atoms with Crippen LogP contribution < -0.4 is 10.2 Å². The number of aliphatic hydroxyl groups excluding tert-OH is 1. The first-order valence-electron chi connectivity index (χ1n) is 7.13. The van der Waals surface area contributed by atoms with Gasteiger partial charge in [0, 0.05) is 17.9 Å². The van der Waals surface area contributed by atoms with Gasteiger partial charge in [-0.1, -0.05) is 41.7 Å². The summed E-state index contributed by atoms with van der Waals surface area (Å²) in [7, 11) is 0. The first-order chi connectivity index (χ1) is 11.2. The lowest BCUT2D eigenvalue weighted by Gasteiger charge is -2.22. The van der Waals surface area contributed by atoms with Gasteiger partial charge in [0.2, 0.25) is 5.91 Å². The molecular formula is C15H16Cl3FN2O3. The standard InChI is InChI=1S/C15H16Cl3FN2O3/c1-7-4-10(23)20-21-13(7)9-3-8(2)14(11(16)12(9)19)24-6-15(17,18)5-22/h3,7,22H,4-6H2,1-2H3,(H,20,23). The molecule has 1 aliphatic heterocycles. The Labute approximate surface area is 153 Å². The molecule has 2 N–H and O–H groups in total. The predicted molar refractivity (Wildman–Crippen MR) is 91.6 cm³/mol. The number of amides is 1. The summed E-state index contributed by atoms with van der Waals surface area (Å²) in [6, 6.07) is 1.53. The highest BCUT2D eigenvalue weighted by atomic mass is 35.5. The van der Waals surface area contributed by atoms with Crippen molar-refractivity contribution in [3.63, 3.8) is 0 Å². The van der Waals surface area contributed by atoms with Crippen LogP contribution in [0.3, 0.4) is 0 Å². The lowest BCUT2D eigenvalue weighted by molar-refractivity contribution is -0.121. The van der Waals surface area contributed by atoms with Crippen LogP contribution in [0, 0.1) is 18.7 Å². The molecule has 24 heavy (non-hydrogen) atoms. The van der Waals surface area contributed by atoms with Gasteiger partial charge in [0.05, 0.1) is 12.3 Å². The Morgan fingerprint density at radius 3 is 2.79 bits per heavy atom. The molecule has 0 saturated heterocycles. The number of carbonyl (C=O) groups is 1. The van der Waals surface area contributed by atoms with E-state index in [2.05, 4.69) is 10.5 Å². The number of hydrogen-bond donors (Lipinski definition) is 2. The van der Waals surface area contributed by atoms with E-state index in [0.717, 1.165) is 0 Å². The highest BCUT2D eigenvalue weighted by Crippen LogP contribution is 2.36. The Bertz CT molecular complexity index is 695. The van der Waals surface area contributed by atoms with Crippen LogP contribution in [0.2, 0.25) is 5.02 Å². The Morgan fingerprint density at radius 1 is 1.54 bits per heavy atom. The van der Waals surface area contributed by atoms with Crippen molar-refractivity contribution >= 4 is 46.4 Å². The average molecular weight is 398 g/mol. The number of rotatable bonds is 5. The number of halogens is 4. The van der Waals surface area contributed by atoms with E-state index in [-0.39, 0.29) is 41.2 Å². The summed E-state index contributed by atoms with van der Waals surface area (Å²) in [4.78, 5) is 11.3. The SMILES string of the molecule is Cc1cc(C2=NNC(=O)CC2C)c(F)c(Cl)c1OCC(Cl)(Cl)CO. The normalized spacial score (nSPS) is 18.2. The minimum absolute atomic E-state index is 0.0881. The second-order valence-corrected chi connectivity index (χ2v) is 7.66. The van der Waals surface area contributed by atoms with Gasteiger partial charge in [-0.2, -0.15) is 5.10 Å². The molecule has 0 bridgehead atoms. The summed E-state index contributed by atoms with van der Waals surface area (Å²) < 4.78 is 18.5. The summed E-state index contributed by atoms with van der Waals surface area (Å²) in [5.74, 6) is -1.09. The van der Waals surface area contributed by atoms with Gasteiger partial charge in [-0.15, -0.1) is 0 Å². The van der Waals surface area contributed by atoms with E-state index in [1.54, 1.807) is 13.8 Å². The molecule has 1 atom stereocenters. The number of aryl methyl sites for hydroxylation is 1. The molecule has 132 valence electrons. The monoisotopic (exact) mass is 396 g/mol. The quantitative estimate of drug-likeness (QED) is 0.750. The van der Waals surface area contributed by atoms with Gasteiger partial charge in [-0.05, 0) is 18.6 Å². The third kappa shape index (κ3) is 4.11. The molecule has 1 aliphatic rings. The maximum Gasteiger partial charge on any atom is 0.240 e. The van der Waals surface area contributed by atoms with Crippen LogP contribution in [0.1, 0.15) is 24.5 Å². The molecule has 0 spiro atoms. The highest BCUT2D eigenvalue weighted by molar-refractivity contribution is 6.48. The van der Waals surface area contributed by atoms with Crippen molar-refractivity contribution in [2.45, 2.75) is 24.6 Å². The van der Waals surface area contributed by atoms with Gasteiger partial charge in [0.1, 0.15) is 17.4 Å². The zero-order valence-corrected chi connectivity index (χ0v) is 15.3. The number of alkyl halides is 2. The number of hydrazone groups is 1. The van der Waals surface area contributed by atoms with Gasteiger partial charge in [-0.3, -0.25) is 4.79 Å². The third-order valence-electron chi connectivity index (χ3n) is 3.54. The summed E-state index contributed by atoms with van der Waals surface area (Å²) in [6.45, 7) is 2.67. The fourth-order valence-electron chi connectivity index (χ4n) is 2.30. The predicted octanol–water partition coefficient (Wildman–Crippen LogP) is 3.19. The third-order valence-corrected chi connectivity index (χ3v) is 4.34. The Morgan fingerprint density at radius 2 is 2.21 bits per heavy atom. The first kappa shape index (κ1) is 19.2.